The number of fused-ring (bicyclic) bond motifs is 1. The lowest BCUT2D eigenvalue weighted by atomic mass is 10.2. The van der Waals surface area contributed by atoms with Gasteiger partial charge in [0.25, 0.3) is 5.91 Å². The van der Waals surface area contributed by atoms with Crippen molar-refractivity contribution in [3.63, 3.8) is 0 Å². The fourth-order valence-electron chi connectivity index (χ4n) is 2.14. The van der Waals surface area contributed by atoms with Gasteiger partial charge in [-0.3, -0.25) is 4.79 Å². The summed E-state index contributed by atoms with van der Waals surface area (Å²) >= 11 is 6.19. The van der Waals surface area contributed by atoms with Gasteiger partial charge in [0.15, 0.2) is 17.6 Å². The standard InChI is InChI=1S/C17H20ClNO5/c1-11(17(21)19(2)3)24-15(20)6-5-12-9-13(18)16-14(10-12)22-7-4-8-23-16/h5-6,9-11H,4,7-8H2,1-3H3/b6-5+/t11-/m0/s1. The first-order valence-electron chi connectivity index (χ1n) is 7.57. The molecule has 0 aliphatic carbocycles. The van der Waals surface area contributed by atoms with E-state index in [2.05, 4.69) is 0 Å². The smallest absolute Gasteiger partial charge is 0.331 e. The number of carbonyl (C=O) groups excluding carboxylic acids is 2. The topological polar surface area (TPSA) is 65.1 Å². The Morgan fingerprint density at radius 3 is 2.71 bits per heavy atom. The van der Waals surface area contributed by atoms with Crippen LogP contribution in [0, 0.1) is 0 Å². The fraction of sp³-hybridized carbons (Fsp3) is 0.412. The van der Waals surface area contributed by atoms with Crippen molar-refractivity contribution < 1.29 is 23.8 Å². The van der Waals surface area contributed by atoms with Gasteiger partial charge in [-0.1, -0.05) is 11.6 Å². The minimum atomic E-state index is -0.843. The highest BCUT2D eigenvalue weighted by molar-refractivity contribution is 6.32. The number of nitrogens with zero attached hydrogens (tertiary/aromatic N) is 1. The normalized spacial score (nSPS) is 14.8. The first-order chi connectivity index (χ1) is 11.4. The Kier molecular flexibility index (Phi) is 6.09. The van der Waals surface area contributed by atoms with Crippen molar-refractivity contribution in [3.05, 3.63) is 28.8 Å². The van der Waals surface area contributed by atoms with Crippen LogP contribution in [0.1, 0.15) is 18.9 Å². The maximum atomic E-state index is 11.8. The highest BCUT2D eigenvalue weighted by Gasteiger charge is 2.18. The van der Waals surface area contributed by atoms with Crippen molar-refractivity contribution in [2.45, 2.75) is 19.4 Å². The summed E-state index contributed by atoms with van der Waals surface area (Å²) < 4.78 is 16.2. The summed E-state index contributed by atoms with van der Waals surface area (Å²) in [6.07, 6.45) is 2.73. The van der Waals surface area contributed by atoms with E-state index in [-0.39, 0.29) is 5.91 Å². The first-order valence-corrected chi connectivity index (χ1v) is 7.95. The van der Waals surface area contributed by atoms with Crippen LogP contribution in [0.5, 0.6) is 11.5 Å². The molecule has 0 bridgehead atoms. The summed E-state index contributed by atoms with van der Waals surface area (Å²) in [7, 11) is 3.20. The van der Waals surface area contributed by atoms with Crippen molar-refractivity contribution in [2.24, 2.45) is 0 Å². The molecule has 130 valence electrons. The molecule has 1 atom stereocenters. The van der Waals surface area contributed by atoms with Crippen molar-refractivity contribution in [1.82, 2.24) is 4.90 Å². The summed E-state index contributed by atoms with van der Waals surface area (Å²) in [4.78, 5) is 24.8. The number of hydrogen-bond acceptors (Lipinski definition) is 5. The Labute approximate surface area is 145 Å². The number of benzene rings is 1. The lowest BCUT2D eigenvalue weighted by molar-refractivity contribution is -0.153. The Hall–Kier alpha value is -2.21. The third kappa shape index (κ3) is 4.64. The number of likely N-dealkylation sites (N-methyl/N-ethyl adjacent to an activating group) is 1. The van der Waals surface area contributed by atoms with Crippen LogP contribution in [0.2, 0.25) is 5.02 Å². The second-order valence-corrected chi connectivity index (χ2v) is 5.93. The maximum absolute atomic E-state index is 11.8. The molecule has 6 nitrogen and oxygen atoms in total. The van der Waals surface area contributed by atoms with E-state index >= 15 is 0 Å². The molecule has 0 saturated carbocycles. The SMILES string of the molecule is C[C@H](OC(=O)/C=C/c1cc(Cl)c2c(c1)OCCCO2)C(=O)N(C)C. The van der Waals surface area contributed by atoms with Crippen molar-refractivity contribution >= 4 is 29.6 Å². The molecule has 1 amide bonds. The number of esters is 1. The zero-order valence-corrected chi connectivity index (χ0v) is 14.6. The monoisotopic (exact) mass is 353 g/mol. The largest absolute Gasteiger partial charge is 0.489 e. The second kappa shape index (κ2) is 8.06. The van der Waals surface area contributed by atoms with Gasteiger partial charge in [-0.05, 0) is 30.7 Å². The van der Waals surface area contributed by atoms with Gasteiger partial charge in [-0.25, -0.2) is 4.79 Å². The maximum Gasteiger partial charge on any atom is 0.331 e. The lowest BCUT2D eigenvalue weighted by Gasteiger charge is -2.16. The first kappa shape index (κ1) is 18.1. The molecule has 0 unspecified atom stereocenters. The molecule has 7 heteroatoms. The van der Waals surface area contributed by atoms with E-state index in [9.17, 15) is 9.59 Å². The van der Waals surface area contributed by atoms with Crippen LogP contribution >= 0.6 is 11.6 Å². The third-order valence-corrected chi connectivity index (χ3v) is 3.60. The lowest BCUT2D eigenvalue weighted by Crippen LogP contribution is -2.34. The number of ether oxygens (including phenoxy) is 3. The van der Waals surface area contributed by atoms with E-state index in [1.807, 2.05) is 0 Å². The predicted octanol–water partition coefficient (Wildman–Crippen LogP) is 2.53. The van der Waals surface area contributed by atoms with Crippen LogP contribution in [-0.2, 0) is 14.3 Å². The minimum absolute atomic E-state index is 0.282. The van der Waals surface area contributed by atoms with Gasteiger partial charge in [-0.2, -0.15) is 0 Å². The van der Waals surface area contributed by atoms with E-state index in [1.54, 1.807) is 32.3 Å². The van der Waals surface area contributed by atoms with E-state index in [1.165, 1.54) is 17.9 Å². The molecule has 0 spiro atoms. The Balaban J connectivity index is 2.06. The quantitative estimate of drug-likeness (QED) is 0.614. The number of halogens is 1. The molecule has 2 rings (SSSR count). The van der Waals surface area contributed by atoms with Crippen LogP contribution in [0.3, 0.4) is 0 Å². The zero-order chi connectivity index (χ0) is 17.7. The molecule has 0 saturated heterocycles. The van der Waals surface area contributed by atoms with Gasteiger partial charge in [0.1, 0.15) is 0 Å². The average molecular weight is 354 g/mol. The molecule has 1 aromatic rings. The summed E-state index contributed by atoms with van der Waals surface area (Å²) in [5.41, 5.74) is 0.674. The van der Waals surface area contributed by atoms with Gasteiger partial charge in [0, 0.05) is 26.6 Å². The highest BCUT2D eigenvalue weighted by atomic mass is 35.5. The fourth-order valence-corrected chi connectivity index (χ4v) is 2.41. The summed E-state index contributed by atoms with van der Waals surface area (Å²) in [6, 6.07) is 3.41. The average Bonchev–Trinajstić information content (AvgIpc) is 2.77. The van der Waals surface area contributed by atoms with Crippen molar-refractivity contribution in [1.29, 1.82) is 0 Å². The molecular weight excluding hydrogens is 334 g/mol. The molecule has 0 N–H and O–H groups in total. The van der Waals surface area contributed by atoms with Gasteiger partial charge in [0.2, 0.25) is 0 Å². The predicted molar refractivity (Wildman–Crippen MR) is 90.3 cm³/mol. The van der Waals surface area contributed by atoms with E-state index in [0.29, 0.717) is 35.3 Å². The van der Waals surface area contributed by atoms with Crippen LogP contribution in [0.4, 0.5) is 0 Å². The van der Waals surface area contributed by atoms with E-state index in [4.69, 9.17) is 25.8 Å². The van der Waals surface area contributed by atoms with Gasteiger partial charge >= 0.3 is 5.97 Å². The molecule has 0 fully saturated rings. The summed E-state index contributed by atoms with van der Waals surface area (Å²) in [5, 5.41) is 0.415. The van der Waals surface area contributed by atoms with Crippen LogP contribution in [0.15, 0.2) is 18.2 Å². The van der Waals surface area contributed by atoms with Gasteiger partial charge < -0.3 is 19.1 Å². The summed E-state index contributed by atoms with van der Waals surface area (Å²) in [5.74, 6) is 0.166. The molecule has 1 aliphatic rings. The molecule has 1 aromatic carbocycles. The van der Waals surface area contributed by atoms with E-state index < -0.39 is 12.1 Å². The molecular formula is C17H20ClNO5. The number of rotatable bonds is 4. The van der Waals surface area contributed by atoms with E-state index in [0.717, 1.165) is 6.42 Å². The van der Waals surface area contributed by atoms with Crippen molar-refractivity contribution in [2.75, 3.05) is 27.3 Å². The molecule has 0 radical (unpaired) electrons. The number of hydrogen-bond donors (Lipinski definition) is 0. The Morgan fingerprint density at radius 1 is 1.29 bits per heavy atom. The molecule has 1 aliphatic heterocycles. The number of carbonyl (C=O) groups is 2. The zero-order valence-electron chi connectivity index (χ0n) is 13.9. The van der Waals surface area contributed by atoms with Gasteiger partial charge in [0.05, 0.1) is 18.2 Å². The Bertz CT molecular complexity index is 657. The third-order valence-electron chi connectivity index (χ3n) is 3.32. The summed E-state index contributed by atoms with van der Waals surface area (Å²) in [6.45, 7) is 2.62. The molecule has 24 heavy (non-hydrogen) atoms. The Morgan fingerprint density at radius 2 is 2.00 bits per heavy atom. The van der Waals surface area contributed by atoms with Crippen LogP contribution < -0.4 is 9.47 Å². The minimum Gasteiger partial charge on any atom is -0.489 e. The molecule has 0 aromatic heterocycles. The number of amides is 1. The second-order valence-electron chi connectivity index (χ2n) is 5.53. The van der Waals surface area contributed by atoms with Crippen LogP contribution in [-0.4, -0.2) is 50.2 Å². The van der Waals surface area contributed by atoms with Gasteiger partial charge in [-0.15, -0.1) is 0 Å². The van der Waals surface area contributed by atoms with Crippen LogP contribution in [0.25, 0.3) is 6.08 Å². The highest BCUT2D eigenvalue weighted by Crippen LogP contribution is 2.38. The molecule has 1 heterocycles. The van der Waals surface area contributed by atoms with Crippen molar-refractivity contribution in [3.8, 4) is 11.5 Å².